The second-order valence-corrected chi connectivity index (χ2v) is 4.64. The molecule has 94 valence electrons. The maximum Gasteiger partial charge on any atom is 0.296 e. The van der Waals surface area contributed by atoms with E-state index < -0.39 is 15.0 Å². The Morgan fingerprint density at radius 1 is 1.47 bits per heavy atom. The Kier molecular flexibility index (Phi) is 3.59. The van der Waals surface area contributed by atoms with Crippen molar-refractivity contribution in [1.29, 1.82) is 0 Å². The standard InChI is InChI=1S/C9H12N2O5S/c1-5(12)11-7-3-6(10)9(17(13,14)15)4-8(7)16-2/h3-4H,10H2,1-2H3,(H,11,12)(H,13,14,15). The molecule has 0 atom stereocenters. The van der Waals surface area contributed by atoms with Crippen LogP contribution in [-0.2, 0) is 14.9 Å². The van der Waals surface area contributed by atoms with Gasteiger partial charge in [-0.3, -0.25) is 9.35 Å². The molecule has 1 aromatic rings. The number of nitrogens with one attached hydrogen (secondary N) is 1. The number of hydrogen-bond donors (Lipinski definition) is 3. The molecule has 1 rings (SSSR count). The molecule has 0 aliphatic rings. The maximum atomic E-state index is 11.0. The molecule has 8 heteroatoms. The molecule has 17 heavy (non-hydrogen) atoms. The molecule has 0 unspecified atom stereocenters. The second-order valence-electron chi connectivity index (χ2n) is 3.25. The lowest BCUT2D eigenvalue weighted by Gasteiger charge is -2.12. The lowest BCUT2D eigenvalue weighted by atomic mass is 10.2. The molecule has 0 saturated heterocycles. The van der Waals surface area contributed by atoms with Crippen LogP contribution in [0.3, 0.4) is 0 Å². The minimum Gasteiger partial charge on any atom is -0.495 e. The van der Waals surface area contributed by atoms with E-state index in [0.717, 1.165) is 6.07 Å². The molecule has 0 aliphatic heterocycles. The predicted octanol–water partition coefficient (Wildman–Crippen LogP) is 0.483. The van der Waals surface area contributed by atoms with Crippen molar-refractivity contribution in [2.24, 2.45) is 0 Å². The minimum atomic E-state index is -4.43. The van der Waals surface area contributed by atoms with Gasteiger partial charge in [-0.25, -0.2) is 0 Å². The first-order valence-corrected chi connectivity index (χ1v) is 5.92. The number of carbonyl (C=O) groups excluding carboxylic acids is 1. The van der Waals surface area contributed by atoms with Crippen molar-refractivity contribution in [3.8, 4) is 5.75 Å². The van der Waals surface area contributed by atoms with E-state index in [4.69, 9.17) is 15.0 Å². The fraction of sp³-hybridized carbons (Fsp3) is 0.222. The smallest absolute Gasteiger partial charge is 0.296 e. The molecule has 1 amide bonds. The zero-order valence-electron chi connectivity index (χ0n) is 9.22. The summed E-state index contributed by atoms with van der Waals surface area (Å²) >= 11 is 0. The third kappa shape index (κ3) is 3.08. The van der Waals surface area contributed by atoms with Gasteiger partial charge in [0, 0.05) is 13.0 Å². The number of amides is 1. The van der Waals surface area contributed by atoms with Gasteiger partial charge >= 0.3 is 0 Å². The molecule has 0 radical (unpaired) electrons. The second kappa shape index (κ2) is 4.60. The average Bonchev–Trinajstić information content (AvgIpc) is 2.14. The first kappa shape index (κ1) is 13.3. The number of methoxy groups -OCH3 is 1. The van der Waals surface area contributed by atoms with E-state index in [1.165, 1.54) is 20.1 Å². The highest BCUT2D eigenvalue weighted by Crippen LogP contribution is 2.32. The van der Waals surface area contributed by atoms with Crippen LogP contribution in [0.25, 0.3) is 0 Å². The first-order valence-electron chi connectivity index (χ1n) is 4.48. The zero-order valence-corrected chi connectivity index (χ0v) is 10.0. The molecule has 0 fully saturated rings. The monoisotopic (exact) mass is 260 g/mol. The van der Waals surface area contributed by atoms with Crippen molar-refractivity contribution in [1.82, 2.24) is 0 Å². The lowest BCUT2D eigenvalue weighted by molar-refractivity contribution is -0.114. The molecule has 0 saturated carbocycles. The number of nitrogens with two attached hydrogens (primary N) is 1. The largest absolute Gasteiger partial charge is 0.495 e. The summed E-state index contributed by atoms with van der Waals surface area (Å²) in [6, 6.07) is 2.24. The molecule has 7 nitrogen and oxygen atoms in total. The van der Waals surface area contributed by atoms with E-state index >= 15 is 0 Å². The van der Waals surface area contributed by atoms with Crippen molar-refractivity contribution in [2.45, 2.75) is 11.8 Å². The summed E-state index contributed by atoms with van der Waals surface area (Å²) in [6.07, 6.45) is 0. The summed E-state index contributed by atoms with van der Waals surface area (Å²) in [6.45, 7) is 1.28. The molecule has 0 aromatic heterocycles. The van der Waals surface area contributed by atoms with Gasteiger partial charge in [-0.05, 0) is 6.07 Å². The highest BCUT2D eigenvalue weighted by atomic mass is 32.2. The van der Waals surface area contributed by atoms with E-state index in [-0.39, 0.29) is 23.0 Å². The van der Waals surface area contributed by atoms with Gasteiger partial charge in [-0.15, -0.1) is 0 Å². The first-order chi connectivity index (χ1) is 7.75. The number of carbonyl (C=O) groups is 1. The summed E-state index contributed by atoms with van der Waals surface area (Å²) in [5.74, 6) is -0.274. The Morgan fingerprint density at radius 2 is 2.06 bits per heavy atom. The molecule has 4 N–H and O–H groups in total. The fourth-order valence-electron chi connectivity index (χ4n) is 1.26. The fourth-order valence-corrected chi connectivity index (χ4v) is 1.87. The van der Waals surface area contributed by atoms with Crippen molar-refractivity contribution >= 4 is 27.4 Å². The number of benzene rings is 1. The van der Waals surface area contributed by atoms with Gasteiger partial charge in [-0.2, -0.15) is 8.42 Å². The van der Waals surface area contributed by atoms with Gasteiger partial charge in [0.05, 0.1) is 18.5 Å². The summed E-state index contributed by atoms with van der Waals surface area (Å²) in [5.41, 5.74) is 5.50. The van der Waals surface area contributed by atoms with Crippen LogP contribution in [0.2, 0.25) is 0 Å². The van der Waals surface area contributed by atoms with Crippen LogP contribution in [0.4, 0.5) is 11.4 Å². The Hall–Kier alpha value is -1.80. The normalized spacial score (nSPS) is 11.0. The van der Waals surface area contributed by atoms with Crippen molar-refractivity contribution in [3.05, 3.63) is 12.1 Å². The van der Waals surface area contributed by atoms with E-state index in [1.54, 1.807) is 0 Å². The van der Waals surface area contributed by atoms with Crippen LogP contribution in [0.1, 0.15) is 6.92 Å². The van der Waals surface area contributed by atoms with Crippen molar-refractivity contribution < 1.29 is 22.5 Å². The lowest BCUT2D eigenvalue weighted by Crippen LogP contribution is -2.10. The average molecular weight is 260 g/mol. The predicted molar refractivity (Wildman–Crippen MR) is 61.5 cm³/mol. The minimum absolute atomic E-state index is 0.0852. The van der Waals surface area contributed by atoms with Crippen LogP contribution in [0, 0.1) is 0 Å². The van der Waals surface area contributed by atoms with Crippen LogP contribution in [0.5, 0.6) is 5.75 Å². The van der Waals surface area contributed by atoms with Crippen LogP contribution >= 0.6 is 0 Å². The Balaban J connectivity index is 3.40. The number of rotatable bonds is 3. The SMILES string of the molecule is COc1cc(S(=O)(=O)O)c(N)cc1NC(C)=O. The molecular weight excluding hydrogens is 248 g/mol. The van der Waals surface area contributed by atoms with Crippen LogP contribution in [-0.4, -0.2) is 26.0 Å². The summed E-state index contributed by atoms with van der Waals surface area (Å²) in [5, 5.41) is 2.42. The molecule has 0 bridgehead atoms. The maximum absolute atomic E-state index is 11.0. The van der Waals surface area contributed by atoms with E-state index in [1.807, 2.05) is 0 Å². The van der Waals surface area contributed by atoms with Gasteiger partial charge in [0.2, 0.25) is 5.91 Å². The number of anilines is 2. The Labute approximate surface area is 98.3 Å². The summed E-state index contributed by atoms with van der Waals surface area (Å²) < 4.78 is 35.8. The van der Waals surface area contributed by atoms with Crippen LogP contribution < -0.4 is 15.8 Å². The summed E-state index contributed by atoms with van der Waals surface area (Å²) in [7, 11) is -3.13. The third-order valence-electron chi connectivity index (χ3n) is 1.92. The Morgan fingerprint density at radius 3 is 2.47 bits per heavy atom. The Bertz CT molecular complexity index is 553. The van der Waals surface area contributed by atoms with Gasteiger partial charge in [0.15, 0.2) is 0 Å². The van der Waals surface area contributed by atoms with E-state index in [0.29, 0.717) is 0 Å². The van der Waals surface area contributed by atoms with Crippen molar-refractivity contribution in [3.63, 3.8) is 0 Å². The van der Waals surface area contributed by atoms with E-state index in [9.17, 15) is 13.2 Å². The van der Waals surface area contributed by atoms with Crippen LogP contribution in [0.15, 0.2) is 17.0 Å². The van der Waals surface area contributed by atoms with Gasteiger partial charge < -0.3 is 15.8 Å². The van der Waals surface area contributed by atoms with Crippen molar-refractivity contribution in [2.75, 3.05) is 18.2 Å². The molecule has 0 aliphatic carbocycles. The third-order valence-corrected chi connectivity index (χ3v) is 2.83. The highest BCUT2D eigenvalue weighted by molar-refractivity contribution is 7.86. The highest BCUT2D eigenvalue weighted by Gasteiger charge is 2.18. The molecule has 1 aromatic carbocycles. The van der Waals surface area contributed by atoms with Gasteiger partial charge in [-0.1, -0.05) is 0 Å². The topological polar surface area (TPSA) is 119 Å². The number of hydrogen-bond acceptors (Lipinski definition) is 5. The van der Waals surface area contributed by atoms with E-state index in [2.05, 4.69) is 5.32 Å². The quantitative estimate of drug-likeness (QED) is 0.537. The molecule has 0 heterocycles. The molecule has 0 spiro atoms. The number of nitrogen functional groups attached to an aromatic ring is 1. The summed E-state index contributed by atoms with van der Waals surface area (Å²) in [4.78, 5) is 10.4. The molecular formula is C9H12N2O5S. The number of ether oxygens (including phenoxy) is 1. The van der Waals surface area contributed by atoms with Gasteiger partial charge in [0.25, 0.3) is 10.1 Å². The zero-order chi connectivity index (χ0) is 13.2. The van der Waals surface area contributed by atoms with Gasteiger partial charge in [0.1, 0.15) is 10.6 Å².